The lowest BCUT2D eigenvalue weighted by atomic mass is 10.1. The third-order valence-electron chi connectivity index (χ3n) is 2.47. The first-order valence-corrected chi connectivity index (χ1v) is 6.33. The van der Waals surface area contributed by atoms with E-state index in [4.69, 9.17) is 11.2 Å². The Morgan fingerprint density at radius 3 is 2.81 bits per heavy atom. The molecule has 0 bridgehead atoms. The first-order chi connectivity index (χ1) is 9.73. The molecule has 0 aliphatic carbocycles. The lowest BCUT2D eigenvalue weighted by Gasteiger charge is -2.26. The van der Waals surface area contributed by atoms with Gasteiger partial charge in [0.1, 0.15) is 18.2 Å². The van der Waals surface area contributed by atoms with Crippen LogP contribution in [0.1, 0.15) is 13.8 Å². The van der Waals surface area contributed by atoms with Gasteiger partial charge in [-0.1, -0.05) is 5.92 Å². The van der Waals surface area contributed by atoms with Crippen LogP contribution in [0.5, 0.6) is 5.75 Å². The van der Waals surface area contributed by atoms with Crippen molar-refractivity contribution in [1.82, 2.24) is 4.90 Å². The van der Waals surface area contributed by atoms with Gasteiger partial charge in [0.05, 0.1) is 17.8 Å². The lowest BCUT2D eigenvalue weighted by Crippen LogP contribution is -2.41. The van der Waals surface area contributed by atoms with Crippen molar-refractivity contribution >= 4 is 11.7 Å². The summed E-state index contributed by atoms with van der Waals surface area (Å²) < 4.78 is 18.4. The zero-order valence-corrected chi connectivity index (χ0v) is 12.3. The van der Waals surface area contributed by atoms with Gasteiger partial charge in [-0.25, -0.2) is 9.18 Å². The van der Waals surface area contributed by atoms with Crippen molar-refractivity contribution < 1.29 is 19.0 Å². The predicted molar refractivity (Wildman–Crippen MR) is 78.7 cm³/mol. The van der Waals surface area contributed by atoms with Crippen LogP contribution in [0, 0.1) is 18.2 Å². The topological polar surface area (TPSA) is 61.8 Å². The van der Waals surface area contributed by atoms with E-state index in [1.807, 2.05) is 0 Å². The zero-order chi connectivity index (χ0) is 16.0. The molecule has 0 aliphatic heterocycles. The van der Waals surface area contributed by atoms with Crippen molar-refractivity contribution in [2.24, 2.45) is 0 Å². The maximum atomic E-state index is 13.2. The average molecular weight is 294 g/mol. The third-order valence-corrected chi connectivity index (χ3v) is 2.47. The number of amides is 2. The van der Waals surface area contributed by atoms with Gasteiger partial charge in [-0.2, -0.15) is 0 Å². The second kappa shape index (κ2) is 6.95. The number of aliphatic hydroxyl groups is 1. The molecule has 0 aliphatic rings. The quantitative estimate of drug-likeness (QED) is 0.817. The fourth-order valence-corrected chi connectivity index (χ4v) is 1.70. The Balaban J connectivity index is 2.82. The highest BCUT2D eigenvalue weighted by Gasteiger charge is 2.20. The van der Waals surface area contributed by atoms with Crippen molar-refractivity contribution in [1.29, 1.82) is 0 Å². The number of ether oxygens (including phenoxy) is 1. The summed E-state index contributed by atoms with van der Waals surface area (Å²) in [6.45, 7) is 3.29. The van der Waals surface area contributed by atoms with Crippen LogP contribution in [0.2, 0.25) is 0 Å². The minimum absolute atomic E-state index is 0.0359. The molecule has 1 aromatic carbocycles. The Labute approximate surface area is 123 Å². The molecule has 0 fully saturated rings. The van der Waals surface area contributed by atoms with E-state index in [0.717, 1.165) is 6.07 Å². The van der Waals surface area contributed by atoms with Gasteiger partial charge in [-0.15, -0.1) is 6.42 Å². The molecule has 0 radical (unpaired) electrons. The van der Waals surface area contributed by atoms with E-state index in [2.05, 4.69) is 11.2 Å². The van der Waals surface area contributed by atoms with E-state index in [-0.39, 0.29) is 18.9 Å². The zero-order valence-electron chi connectivity index (χ0n) is 12.3. The van der Waals surface area contributed by atoms with E-state index in [0.29, 0.717) is 5.69 Å². The van der Waals surface area contributed by atoms with Crippen LogP contribution in [-0.4, -0.2) is 41.8 Å². The molecule has 0 spiro atoms. The molecule has 0 saturated heterocycles. The van der Waals surface area contributed by atoms with Crippen LogP contribution in [0.3, 0.4) is 0 Å². The minimum Gasteiger partial charge on any atom is -0.479 e. The van der Waals surface area contributed by atoms with Gasteiger partial charge in [-0.05, 0) is 26.0 Å². The Hall–Kier alpha value is -2.26. The van der Waals surface area contributed by atoms with Crippen LogP contribution < -0.4 is 10.1 Å². The van der Waals surface area contributed by atoms with Gasteiger partial charge < -0.3 is 20.1 Å². The van der Waals surface area contributed by atoms with E-state index in [9.17, 15) is 14.3 Å². The fourth-order valence-electron chi connectivity index (χ4n) is 1.70. The van der Waals surface area contributed by atoms with E-state index < -0.39 is 17.4 Å². The standard InChI is InChI=1S/C15H19FN2O3/c1-5-8-21-13-9-11(16)6-7-12(13)17-14(19)18(4)10-15(2,3)20/h1,6-7,9,20H,8,10H2,2-4H3,(H,17,19). The maximum Gasteiger partial charge on any atom is 0.321 e. The summed E-state index contributed by atoms with van der Waals surface area (Å²) in [5, 5.41) is 12.3. The SMILES string of the molecule is C#CCOc1cc(F)ccc1NC(=O)N(C)CC(C)(C)O. The summed E-state index contributed by atoms with van der Waals surface area (Å²) in [5.41, 5.74) is -0.711. The summed E-state index contributed by atoms with van der Waals surface area (Å²) in [6.07, 6.45) is 5.09. The van der Waals surface area contributed by atoms with Crippen LogP contribution in [0.4, 0.5) is 14.9 Å². The van der Waals surface area contributed by atoms with Crippen molar-refractivity contribution in [3.05, 3.63) is 24.0 Å². The number of benzene rings is 1. The van der Waals surface area contributed by atoms with E-state index >= 15 is 0 Å². The van der Waals surface area contributed by atoms with E-state index in [1.165, 1.54) is 17.0 Å². The molecule has 0 atom stereocenters. The number of rotatable bonds is 5. The molecular formula is C15H19FN2O3. The number of hydrogen-bond donors (Lipinski definition) is 2. The second-order valence-electron chi connectivity index (χ2n) is 5.23. The highest BCUT2D eigenvalue weighted by Crippen LogP contribution is 2.25. The Bertz CT molecular complexity index is 547. The molecule has 21 heavy (non-hydrogen) atoms. The number of hydrogen-bond acceptors (Lipinski definition) is 3. The van der Waals surface area contributed by atoms with E-state index in [1.54, 1.807) is 20.9 Å². The van der Waals surface area contributed by atoms with Gasteiger partial charge in [0.2, 0.25) is 0 Å². The van der Waals surface area contributed by atoms with Crippen LogP contribution >= 0.6 is 0 Å². The summed E-state index contributed by atoms with van der Waals surface area (Å²) in [7, 11) is 1.54. The molecule has 1 aromatic rings. The van der Waals surface area contributed by atoms with Crippen LogP contribution in [-0.2, 0) is 0 Å². The molecule has 0 unspecified atom stereocenters. The fraction of sp³-hybridized carbons (Fsp3) is 0.400. The van der Waals surface area contributed by atoms with Crippen LogP contribution in [0.15, 0.2) is 18.2 Å². The number of terminal acetylenes is 1. The monoisotopic (exact) mass is 294 g/mol. The van der Waals surface area contributed by atoms with Crippen molar-refractivity contribution in [2.45, 2.75) is 19.4 Å². The molecule has 0 aromatic heterocycles. The normalized spacial score (nSPS) is 10.7. The van der Waals surface area contributed by atoms with Gasteiger partial charge >= 0.3 is 6.03 Å². The molecule has 6 heteroatoms. The van der Waals surface area contributed by atoms with Crippen molar-refractivity contribution in [3.8, 4) is 18.1 Å². The van der Waals surface area contributed by atoms with Crippen LogP contribution in [0.25, 0.3) is 0 Å². The molecule has 5 nitrogen and oxygen atoms in total. The molecular weight excluding hydrogens is 275 g/mol. The van der Waals surface area contributed by atoms with Gasteiger partial charge in [-0.3, -0.25) is 0 Å². The first-order valence-electron chi connectivity index (χ1n) is 6.33. The number of urea groups is 1. The lowest BCUT2D eigenvalue weighted by molar-refractivity contribution is 0.0550. The second-order valence-corrected chi connectivity index (χ2v) is 5.23. The third kappa shape index (κ3) is 5.71. The van der Waals surface area contributed by atoms with Gasteiger partial charge in [0.15, 0.2) is 0 Å². The summed E-state index contributed by atoms with van der Waals surface area (Å²) in [4.78, 5) is 13.3. The minimum atomic E-state index is -1.02. The number of carbonyl (C=O) groups excluding carboxylic acids is 1. The predicted octanol–water partition coefficient (Wildman–Crippen LogP) is 2.07. The Kier molecular flexibility index (Phi) is 5.56. The Morgan fingerprint density at radius 1 is 1.57 bits per heavy atom. The molecule has 0 heterocycles. The number of likely N-dealkylation sites (N-methyl/N-ethyl adjacent to an activating group) is 1. The summed E-state index contributed by atoms with van der Waals surface area (Å²) in [6, 6.07) is 3.28. The largest absolute Gasteiger partial charge is 0.479 e. The highest BCUT2D eigenvalue weighted by molar-refractivity contribution is 5.90. The number of anilines is 1. The smallest absolute Gasteiger partial charge is 0.321 e. The first kappa shape index (κ1) is 16.8. The summed E-state index contributed by atoms with van der Waals surface area (Å²) >= 11 is 0. The average Bonchev–Trinajstić information content (AvgIpc) is 2.36. The molecule has 0 saturated carbocycles. The number of carbonyl (C=O) groups is 1. The van der Waals surface area contributed by atoms with Gasteiger partial charge in [0, 0.05) is 13.1 Å². The molecule has 1 rings (SSSR count). The van der Waals surface area contributed by atoms with Crippen molar-refractivity contribution in [2.75, 3.05) is 25.5 Å². The van der Waals surface area contributed by atoms with Crippen molar-refractivity contribution in [3.63, 3.8) is 0 Å². The maximum absolute atomic E-state index is 13.2. The molecule has 2 N–H and O–H groups in total. The Morgan fingerprint density at radius 2 is 2.24 bits per heavy atom. The molecule has 2 amide bonds. The number of nitrogens with one attached hydrogen (secondary N) is 1. The van der Waals surface area contributed by atoms with Gasteiger partial charge in [0.25, 0.3) is 0 Å². The highest BCUT2D eigenvalue weighted by atomic mass is 19.1. The number of nitrogens with zero attached hydrogens (tertiary/aromatic N) is 1. The summed E-state index contributed by atoms with van der Waals surface area (Å²) in [5.74, 6) is 1.92. The molecule has 114 valence electrons. The number of halogens is 1.